The summed E-state index contributed by atoms with van der Waals surface area (Å²) in [6, 6.07) is 7.30. The summed E-state index contributed by atoms with van der Waals surface area (Å²) in [4.78, 5) is 26.2. The quantitative estimate of drug-likeness (QED) is 0.882. The average molecular weight is 303 g/mol. The number of para-hydroxylation sites is 1. The Balaban J connectivity index is 2.04. The number of anilines is 1. The molecule has 0 aliphatic carbocycles. The molecule has 120 valence electrons. The molecule has 2 rings (SSSR count). The number of rotatable bonds is 2. The van der Waals surface area contributed by atoms with Crippen LogP contribution in [-0.4, -0.2) is 30.1 Å². The van der Waals surface area contributed by atoms with Crippen molar-refractivity contribution >= 4 is 17.6 Å². The minimum absolute atomic E-state index is 0.279. The molecule has 5 nitrogen and oxygen atoms in total. The van der Waals surface area contributed by atoms with Gasteiger partial charge in [0.05, 0.1) is 0 Å². The fourth-order valence-electron chi connectivity index (χ4n) is 2.69. The molecule has 0 bridgehead atoms. The molecule has 22 heavy (non-hydrogen) atoms. The highest BCUT2D eigenvalue weighted by Crippen LogP contribution is 2.28. The van der Waals surface area contributed by atoms with Gasteiger partial charge in [-0.05, 0) is 52.2 Å². The van der Waals surface area contributed by atoms with Gasteiger partial charge in [0.1, 0.15) is 6.04 Å². The van der Waals surface area contributed by atoms with Gasteiger partial charge in [0.15, 0.2) is 0 Å². The van der Waals surface area contributed by atoms with Crippen LogP contribution in [0.15, 0.2) is 24.3 Å². The Hall–Kier alpha value is -2.04. The van der Waals surface area contributed by atoms with Crippen LogP contribution >= 0.6 is 0 Å². The lowest BCUT2D eigenvalue weighted by Gasteiger charge is -2.35. The van der Waals surface area contributed by atoms with Gasteiger partial charge in [0.2, 0.25) is 5.91 Å². The van der Waals surface area contributed by atoms with Gasteiger partial charge < -0.3 is 10.2 Å². The molecule has 0 radical (unpaired) electrons. The molecule has 1 unspecified atom stereocenters. The summed E-state index contributed by atoms with van der Waals surface area (Å²) in [5.41, 5.74) is 1.98. The van der Waals surface area contributed by atoms with Gasteiger partial charge in [0, 0.05) is 17.8 Å². The smallest absolute Gasteiger partial charge is 0.321 e. The molecular formula is C17H25N3O2. The highest BCUT2D eigenvalue weighted by atomic mass is 16.2. The van der Waals surface area contributed by atoms with Gasteiger partial charge in [-0.1, -0.05) is 18.2 Å². The van der Waals surface area contributed by atoms with E-state index >= 15 is 0 Å². The van der Waals surface area contributed by atoms with Crippen molar-refractivity contribution in [3.8, 4) is 0 Å². The van der Waals surface area contributed by atoms with E-state index in [4.69, 9.17) is 0 Å². The third kappa shape index (κ3) is 4.00. The molecule has 2 N–H and O–H groups in total. The van der Waals surface area contributed by atoms with E-state index < -0.39 is 6.03 Å². The lowest BCUT2D eigenvalue weighted by molar-refractivity contribution is -0.121. The molecular weight excluding hydrogens is 278 g/mol. The SMILES string of the molecule is CC(C(=O)NC(=O)NC(C)(C)C)N1CCCc2ccccc21. The highest BCUT2D eigenvalue weighted by Gasteiger charge is 2.27. The first-order valence-corrected chi connectivity index (χ1v) is 7.75. The van der Waals surface area contributed by atoms with E-state index in [0.717, 1.165) is 25.1 Å². The van der Waals surface area contributed by atoms with Crippen molar-refractivity contribution < 1.29 is 9.59 Å². The van der Waals surface area contributed by atoms with Crippen LogP contribution in [0.2, 0.25) is 0 Å². The number of nitrogens with one attached hydrogen (secondary N) is 2. The molecule has 1 aromatic rings. The van der Waals surface area contributed by atoms with Crippen LogP contribution in [-0.2, 0) is 11.2 Å². The maximum absolute atomic E-state index is 12.3. The summed E-state index contributed by atoms with van der Waals surface area (Å²) >= 11 is 0. The Kier molecular flexibility index (Phi) is 4.74. The Morgan fingerprint density at radius 2 is 1.91 bits per heavy atom. The summed E-state index contributed by atoms with van der Waals surface area (Å²) in [7, 11) is 0. The fourth-order valence-corrected chi connectivity index (χ4v) is 2.69. The molecule has 0 saturated heterocycles. The second kappa shape index (κ2) is 6.38. The largest absolute Gasteiger partial charge is 0.360 e. The van der Waals surface area contributed by atoms with E-state index in [1.807, 2.05) is 45.9 Å². The molecule has 1 aromatic carbocycles. The molecule has 3 amide bonds. The van der Waals surface area contributed by atoms with E-state index in [2.05, 4.69) is 21.6 Å². The summed E-state index contributed by atoms with van der Waals surface area (Å²) in [5, 5.41) is 5.17. The second-order valence-corrected chi connectivity index (χ2v) is 6.80. The lowest BCUT2D eigenvalue weighted by atomic mass is 10.00. The highest BCUT2D eigenvalue weighted by molar-refractivity contribution is 5.98. The Labute approximate surface area is 132 Å². The third-order valence-electron chi connectivity index (χ3n) is 3.72. The van der Waals surface area contributed by atoms with Gasteiger partial charge in [-0.15, -0.1) is 0 Å². The molecule has 1 atom stereocenters. The molecule has 1 aliphatic rings. The maximum Gasteiger partial charge on any atom is 0.321 e. The van der Waals surface area contributed by atoms with Crippen molar-refractivity contribution in [2.75, 3.05) is 11.4 Å². The predicted molar refractivity (Wildman–Crippen MR) is 88.0 cm³/mol. The number of amides is 3. The summed E-state index contributed by atoms with van der Waals surface area (Å²) in [6.07, 6.45) is 2.05. The summed E-state index contributed by atoms with van der Waals surface area (Å²) in [5.74, 6) is -0.279. The first-order chi connectivity index (χ1) is 10.3. The molecule has 0 fully saturated rings. The van der Waals surface area contributed by atoms with Crippen LogP contribution < -0.4 is 15.5 Å². The molecule has 1 aliphatic heterocycles. The minimum Gasteiger partial charge on any atom is -0.360 e. The number of carbonyl (C=O) groups excluding carboxylic acids is 2. The van der Waals surface area contributed by atoms with Crippen molar-refractivity contribution in [3.05, 3.63) is 29.8 Å². The molecule has 0 aromatic heterocycles. The van der Waals surface area contributed by atoms with E-state index in [9.17, 15) is 9.59 Å². The number of nitrogens with zero attached hydrogens (tertiary/aromatic N) is 1. The van der Waals surface area contributed by atoms with Crippen LogP contribution in [0.25, 0.3) is 0 Å². The van der Waals surface area contributed by atoms with Gasteiger partial charge in [0.25, 0.3) is 0 Å². The minimum atomic E-state index is -0.449. The molecule has 5 heteroatoms. The van der Waals surface area contributed by atoms with E-state index in [-0.39, 0.29) is 17.5 Å². The van der Waals surface area contributed by atoms with Crippen LogP contribution in [0.5, 0.6) is 0 Å². The standard InChI is InChI=1S/C17H25N3O2/c1-12(15(21)18-16(22)19-17(2,3)4)20-11-7-9-13-8-5-6-10-14(13)20/h5-6,8,10,12H,7,9,11H2,1-4H3,(H2,18,19,21,22). The van der Waals surface area contributed by atoms with Crippen molar-refractivity contribution in [1.29, 1.82) is 0 Å². The number of imide groups is 1. The average Bonchev–Trinajstić information content (AvgIpc) is 2.43. The number of hydrogen-bond donors (Lipinski definition) is 2. The van der Waals surface area contributed by atoms with Gasteiger partial charge in [-0.2, -0.15) is 0 Å². The van der Waals surface area contributed by atoms with Crippen molar-refractivity contribution in [2.45, 2.75) is 52.1 Å². The van der Waals surface area contributed by atoms with Gasteiger partial charge in [-0.3, -0.25) is 10.1 Å². The molecule has 0 spiro atoms. The fraction of sp³-hybridized carbons (Fsp3) is 0.529. The van der Waals surface area contributed by atoms with Gasteiger partial charge >= 0.3 is 6.03 Å². The number of aryl methyl sites for hydroxylation is 1. The zero-order valence-corrected chi connectivity index (χ0v) is 13.8. The lowest BCUT2D eigenvalue weighted by Crippen LogP contribution is -2.54. The van der Waals surface area contributed by atoms with Crippen LogP contribution in [0.3, 0.4) is 0 Å². The van der Waals surface area contributed by atoms with Crippen LogP contribution in [0.1, 0.15) is 39.7 Å². The number of carbonyl (C=O) groups is 2. The van der Waals surface area contributed by atoms with Crippen molar-refractivity contribution in [1.82, 2.24) is 10.6 Å². The predicted octanol–water partition coefficient (Wildman–Crippen LogP) is 2.45. The molecule has 0 saturated carbocycles. The number of urea groups is 1. The topological polar surface area (TPSA) is 61.4 Å². The number of fused-ring (bicyclic) bond motifs is 1. The normalized spacial score (nSPS) is 15.7. The Morgan fingerprint density at radius 3 is 2.59 bits per heavy atom. The zero-order valence-electron chi connectivity index (χ0n) is 13.8. The first kappa shape index (κ1) is 16.3. The van der Waals surface area contributed by atoms with Crippen molar-refractivity contribution in [2.24, 2.45) is 0 Å². The first-order valence-electron chi connectivity index (χ1n) is 7.75. The molecule has 1 heterocycles. The van der Waals surface area contributed by atoms with Gasteiger partial charge in [-0.25, -0.2) is 4.79 Å². The van der Waals surface area contributed by atoms with E-state index in [1.165, 1.54) is 5.56 Å². The Morgan fingerprint density at radius 1 is 1.23 bits per heavy atom. The monoisotopic (exact) mass is 303 g/mol. The zero-order chi connectivity index (χ0) is 16.3. The summed E-state index contributed by atoms with van der Waals surface area (Å²) in [6.45, 7) is 8.29. The van der Waals surface area contributed by atoms with Crippen molar-refractivity contribution in [3.63, 3.8) is 0 Å². The maximum atomic E-state index is 12.3. The van der Waals surface area contributed by atoms with E-state index in [1.54, 1.807) is 0 Å². The van der Waals surface area contributed by atoms with Crippen LogP contribution in [0.4, 0.5) is 10.5 Å². The third-order valence-corrected chi connectivity index (χ3v) is 3.72. The number of benzene rings is 1. The number of hydrogen-bond acceptors (Lipinski definition) is 3. The summed E-state index contributed by atoms with van der Waals surface area (Å²) < 4.78 is 0. The van der Waals surface area contributed by atoms with Crippen LogP contribution in [0, 0.1) is 0 Å². The second-order valence-electron chi connectivity index (χ2n) is 6.80. The van der Waals surface area contributed by atoms with E-state index in [0.29, 0.717) is 0 Å². The Bertz CT molecular complexity index is 563.